The molecule has 1 fully saturated rings. The Hall–Kier alpha value is -1.41. The summed E-state index contributed by atoms with van der Waals surface area (Å²) >= 11 is 2.44. The lowest BCUT2D eigenvalue weighted by molar-refractivity contribution is -0.136. The first kappa shape index (κ1) is 13.0. The van der Waals surface area contributed by atoms with E-state index >= 15 is 0 Å². The minimum Gasteiger partial charge on any atom is -0.481 e. The summed E-state index contributed by atoms with van der Waals surface area (Å²) in [5, 5.41) is 10.1. The molecule has 0 aromatic carbocycles. The number of imide groups is 1. The third-order valence-electron chi connectivity index (χ3n) is 2.35. The molecule has 0 saturated carbocycles. The molecule has 0 aliphatic carbocycles. The Morgan fingerprint density at radius 3 is 3.00 bits per heavy atom. The average Bonchev–Trinajstić information content (AvgIpc) is 2.88. The molecule has 1 unspecified atom stereocenters. The molecule has 0 bridgehead atoms. The maximum absolute atomic E-state index is 12.0. The minimum atomic E-state index is -0.906. The first-order valence-electron chi connectivity index (χ1n) is 5.19. The zero-order chi connectivity index (χ0) is 13.1. The number of carboxylic acid groups (broad SMARTS) is 1. The molecule has 18 heavy (non-hydrogen) atoms. The Kier molecular flexibility index (Phi) is 3.97. The highest BCUT2D eigenvalue weighted by molar-refractivity contribution is 8.00. The van der Waals surface area contributed by atoms with Gasteiger partial charge in [0.05, 0.1) is 11.7 Å². The van der Waals surface area contributed by atoms with Crippen LogP contribution in [-0.2, 0) is 14.4 Å². The third kappa shape index (κ3) is 2.70. The van der Waals surface area contributed by atoms with Crippen LogP contribution in [0.5, 0.6) is 0 Å². The summed E-state index contributed by atoms with van der Waals surface area (Å²) in [6.45, 7) is 0. The van der Waals surface area contributed by atoms with E-state index in [1.165, 1.54) is 29.3 Å². The SMILES string of the molecule is O=C(O)CCSC1CC(=O)N(c2nccs2)C1=O. The number of carboxylic acids is 1. The van der Waals surface area contributed by atoms with Crippen molar-refractivity contribution in [3.8, 4) is 0 Å². The van der Waals surface area contributed by atoms with Crippen LogP contribution in [-0.4, -0.2) is 38.9 Å². The van der Waals surface area contributed by atoms with Crippen LogP contribution in [0.4, 0.5) is 5.13 Å². The topological polar surface area (TPSA) is 87.6 Å². The number of nitrogens with zero attached hydrogens (tertiary/aromatic N) is 2. The standard InChI is InChI=1S/C10H10N2O4S2/c13-7-5-6(17-3-1-8(14)15)9(16)12(7)10-11-2-4-18-10/h2,4,6H,1,3,5H2,(H,14,15). The number of carbonyl (C=O) groups is 3. The molecule has 1 aromatic heterocycles. The smallest absolute Gasteiger partial charge is 0.304 e. The molecule has 0 spiro atoms. The molecule has 1 saturated heterocycles. The summed E-state index contributed by atoms with van der Waals surface area (Å²) in [5.41, 5.74) is 0. The van der Waals surface area contributed by atoms with E-state index in [1.807, 2.05) is 0 Å². The molecule has 8 heteroatoms. The van der Waals surface area contributed by atoms with Gasteiger partial charge in [-0.3, -0.25) is 14.4 Å². The molecule has 1 aliphatic heterocycles. The number of carbonyl (C=O) groups excluding carboxylic acids is 2. The number of thioether (sulfide) groups is 1. The van der Waals surface area contributed by atoms with Crippen molar-refractivity contribution >= 4 is 46.0 Å². The number of thiazole rings is 1. The number of aromatic nitrogens is 1. The summed E-state index contributed by atoms with van der Waals surface area (Å²) in [5.74, 6) is -1.16. The predicted octanol–water partition coefficient (Wildman–Crippen LogP) is 0.983. The zero-order valence-corrected chi connectivity index (χ0v) is 10.9. The quantitative estimate of drug-likeness (QED) is 0.812. The van der Waals surface area contributed by atoms with Gasteiger partial charge in [0.15, 0.2) is 5.13 Å². The second kappa shape index (κ2) is 5.49. The van der Waals surface area contributed by atoms with Gasteiger partial charge in [0.2, 0.25) is 11.8 Å². The first-order valence-corrected chi connectivity index (χ1v) is 7.12. The molecule has 0 radical (unpaired) electrons. The number of aliphatic carboxylic acids is 1. The summed E-state index contributed by atoms with van der Waals surface area (Å²) < 4.78 is 0. The van der Waals surface area contributed by atoms with Crippen LogP contribution in [0.15, 0.2) is 11.6 Å². The second-order valence-electron chi connectivity index (χ2n) is 3.59. The maximum Gasteiger partial charge on any atom is 0.304 e. The van der Waals surface area contributed by atoms with Crippen molar-refractivity contribution < 1.29 is 19.5 Å². The van der Waals surface area contributed by atoms with Crippen molar-refractivity contribution in [2.75, 3.05) is 10.7 Å². The van der Waals surface area contributed by atoms with Crippen molar-refractivity contribution in [2.24, 2.45) is 0 Å². The predicted molar refractivity (Wildman–Crippen MR) is 67.7 cm³/mol. The molecule has 96 valence electrons. The maximum atomic E-state index is 12.0. The van der Waals surface area contributed by atoms with Gasteiger partial charge < -0.3 is 5.11 Å². The van der Waals surface area contributed by atoms with Gasteiger partial charge in [-0.1, -0.05) is 0 Å². The van der Waals surface area contributed by atoms with E-state index in [-0.39, 0.29) is 24.7 Å². The Labute approximate surface area is 111 Å². The van der Waals surface area contributed by atoms with Crippen molar-refractivity contribution in [2.45, 2.75) is 18.1 Å². The number of hydrogen-bond acceptors (Lipinski definition) is 6. The fourth-order valence-corrected chi connectivity index (χ4v) is 3.30. The van der Waals surface area contributed by atoms with Crippen LogP contribution in [0.3, 0.4) is 0 Å². The van der Waals surface area contributed by atoms with E-state index in [2.05, 4.69) is 4.98 Å². The van der Waals surface area contributed by atoms with E-state index in [0.717, 1.165) is 4.90 Å². The number of amides is 2. The van der Waals surface area contributed by atoms with Gasteiger partial charge in [0.25, 0.3) is 0 Å². The molecule has 1 aliphatic rings. The van der Waals surface area contributed by atoms with Crippen LogP contribution in [0, 0.1) is 0 Å². The molecular formula is C10H10N2O4S2. The molecular weight excluding hydrogens is 276 g/mol. The van der Waals surface area contributed by atoms with Crippen LogP contribution in [0.25, 0.3) is 0 Å². The summed E-state index contributed by atoms with van der Waals surface area (Å²) in [6, 6.07) is 0. The highest BCUT2D eigenvalue weighted by atomic mass is 32.2. The lowest BCUT2D eigenvalue weighted by Crippen LogP contribution is -2.31. The van der Waals surface area contributed by atoms with Gasteiger partial charge in [-0.05, 0) is 0 Å². The van der Waals surface area contributed by atoms with Crippen molar-refractivity contribution in [3.63, 3.8) is 0 Å². The Balaban J connectivity index is 1.99. The van der Waals surface area contributed by atoms with E-state index in [0.29, 0.717) is 10.9 Å². The van der Waals surface area contributed by atoms with Gasteiger partial charge in [0, 0.05) is 23.8 Å². The fraction of sp³-hybridized carbons (Fsp3) is 0.400. The Bertz CT molecular complexity index is 474. The minimum absolute atomic E-state index is 0.0140. The van der Waals surface area contributed by atoms with Crippen LogP contribution >= 0.6 is 23.1 Å². The molecule has 1 aromatic rings. The van der Waals surface area contributed by atoms with Crippen LogP contribution < -0.4 is 4.90 Å². The van der Waals surface area contributed by atoms with E-state index < -0.39 is 11.2 Å². The summed E-state index contributed by atoms with van der Waals surface area (Å²) in [6.07, 6.45) is 1.63. The van der Waals surface area contributed by atoms with Crippen LogP contribution in [0.1, 0.15) is 12.8 Å². The lowest BCUT2D eigenvalue weighted by Gasteiger charge is -2.10. The van der Waals surface area contributed by atoms with E-state index in [9.17, 15) is 14.4 Å². The average molecular weight is 286 g/mol. The summed E-state index contributed by atoms with van der Waals surface area (Å²) in [7, 11) is 0. The van der Waals surface area contributed by atoms with Gasteiger partial charge in [-0.2, -0.15) is 0 Å². The van der Waals surface area contributed by atoms with Gasteiger partial charge in [-0.25, -0.2) is 9.88 Å². The van der Waals surface area contributed by atoms with Gasteiger partial charge in [0.1, 0.15) is 0 Å². The Morgan fingerprint density at radius 2 is 2.39 bits per heavy atom. The van der Waals surface area contributed by atoms with Gasteiger partial charge >= 0.3 is 5.97 Å². The highest BCUT2D eigenvalue weighted by Gasteiger charge is 2.40. The fourth-order valence-electron chi connectivity index (χ4n) is 1.55. The molecule has 1 N–H and O–H groups in total. The zero-order valence-electron chi connectivity index (χ0n) is 9.24. The Morgan fingerprint density at radius 1 is 1.61 bits per heavy atom. The van der Waals surface area contributed by atoms with Crippen LogP contribution in [0.2, 0.25) is 0 Å². The normalized spacial score (nSPS) is 19.6. The van der Waals surface area contributed by atoms with E-state index in [4.69, 9.17) is 5.11 Å². The number of hydrogen-bond donors (Lipinski definition) is 1. The van der Waals surface area contributed by atoms with Crippen molar-refractivity contribution in [1.82, 2.24) is 4.98 Å². The number of rotatable bonds is 5. The second-order valence-corrected chi connectivity index (χ2v) is 5.77. The molecule has 1 atom stereocenters. The summed E-state index contributed by atoms with van der Waals surface area (Å²) in [4.78, 5) is 39.1. The monoisotopic (exact) mass is 286 g/mol. The number of anilines is 1. The molecule has 6 nitrogen and oxygen atoms in total. The van der Waals surface area contributed by atoms with Crippen molar-refractivity contribution in [1.29, 1.82) is 0 Å². The highest BCUT2D eigenvalue weighted by Crippen LogP contribution is 2.30. The van der Waals surface area contributed by atoms with Gasteiger partial charge in [-0.15, -0.1) is 23.1 Å². The lowest BCUT2D eigenvalue weighted by atomic mass is 10.4. The third-order valence-corrected chi connectivity index (χ3v) is 4.32. The largest absolute Gasteiger partial charge is 0.481 e. The van der Waals surface area contributed by atoms with E-state index in [1.54, 1.807) is 5.38 Å². The molecule has 2 amide bonds. The molecule has 2 rings (SSSR count). The van der Waals surface area contributed by atoms with Crippen molar-refractivity contribution in [3.05, 3.63) is 11.6 Å². The molecule has 2 heterocycles. The first-order chi connectivity index (χ1) is 8.59.